The molecule has 0 aliphatic carbocycles. The van der Waals surface area contributed by atoms with Crippen LogP contribution >= 0.6 is 0 Å². The summed E-state index contributed by atoms with van der Waals surface area (Å²) >= 11 is 0. The molecule has 5 nitrogen and oxygen atoms in total. The normalized spacial score (nSPS) is 10.7. The van der Waals surface area contributed by atoms with E-state index in [1.807, 2.05) is 0 Å². The molecule has 7 N–H and O–H groups in total. The van der Waals surface area contributed by atoms with Crippen molar-refractivity contribution in [3.05, 3.63) is 0 Å². The number of nitrogens with one attached hydrogen (secondary N) is 3. The van der Waals surface area contributed by atoms with Gasteiger partial charge in [0.1, 0.15) is 0 Å². The topological polar surface area (TPSA) is 88.1 Å². The van der Waals surface area contributed by atoms with Crippen LogP contribution in [0.25, 0.3) is 0 Å². The first-order valence-corrected chi connectivity index (χ1v) is 5.44. The van der Waals surface area contributed by atoms with Gasteiger partial charge in [0.05, 0.1) is 0 Å². The monoisotopic (exact) mass is 203 g/mol. The molecule has 0 rings (SSSR count). The zero-order chi connectivity index (χ0) is 10.5. The van der Waals surface area contributed by atoms with Crippen LogP contribution < -0.4 is 27.4 Å². The molecule has 0 aromatic heterocycles. The van der Waals surface area contributed by atoms with Crippen molar-refractivity contribution < 1.29 is 0 Å². The third kappa shape index (κ3) is 11.8. The van der Waals surface area contributed by atoms with Gasteiger partial charge in [-0.25, -0.2) is 0 Å². The first-order chi connectivity index (χ1) is 6.91. The fourth-order valence-electron chi connectivity index (χ4n) is 1.09. The Morgan fingerprint density at radius 2 is 1.00 bits per heavy atom. The minimum absolute atomic E-state index is 0.711. The smallest absolute Gasteiger partial charge is 0.00772 e. The molecular weight excluding hydrogens is 178 g/mol. The molecule has 0 aliphatic rings. The van der Waals surface area contributed by atoms with Gasteiger partial charge in [-0.3, -0.25) is 0 Å². The van der Waals surface area contributed by atoms with Crippen LogP contribution in [-0.4, -0.2) is 52.4 Å². The van der Waals surface area contributed by atoms with Crippen molar-refractivity contribution in [1.82, 2.24) is 16.0 Å². The number of hydrogen-bond donors (Lipinski definition) is 5. The first-order valence-electron chi connectivity index (χ1n) is 5.44. The zero-order valence-corrected chi connectivity index (χ0v) is 9.02. The molecule has 0 bridgehead atoms. The number of nitrogens with two attached hydrogens (primary N) is 2. The Balaban J connectivity index is 2.78. The zero-order valence-electron chi connectivity index (χ0n) is 9.02. The van der Waals surface area contributed by atoms with Crippen LogP contribution in [0.3, 0.4) is 0 Å². The highest BCUT2D eigenvalue weighted by Gasteiger charge is 1.88. The predicted octanol–water partition coefficient (Wildman–Crippen LogP) is -1.94. The van der Waals surface area contributed by atoms with Crippen LogP contribution in [0.4, 0.5) is 0 Å². The van der Waals surface area contributed by atoms with E-state index >= 15 is 0 Å². The second-order valence-electron chi connectivity index (χ2n) is 3.18. The van der Waals surface area contributed by atoms with Crippen LogP contribution in [0, 0.1) is 0 Å². The average Bonchev–Trinajstić information content (AvgIpc) is 2.21. The molecule has 0 aromatic rings. The Morgan fingerprint density at radius 3 is 1.50 bits per heavy atom. The van der Waals surface area contributed by atoms with Crippen LogP contribution in [0.1, 0.15) is 6.42 Å². The first kappa shape index (κ1) is 13.8. The van der Waals surface area contributed by atoms with Gasteiger partial charge in [-0.1, -0.05) is 0 Å². The fourth-order valence-corrected chi connectivity index (χ4v) is 1.09. The van der Waals surface area contributed by atoms with Gasteiger partial charge in [0.25, 0.3) is 0 Å². The minimum atomic E-state index is 0.711. The summed E-state index contributed by atoms with van der Waals surface area (Å²) in [4.78, 5) is 0. The van der Waals surface area contributed by atoms with Gasteiger partial charge in [-0.05, 0) is 19.5 Å². The van der Waals surface area contributed by atoms with Gasteiger partial charge < -0.3 is 27.4 Å². The summed E-state index contributed by atoms with van der Waals surface area (Å²) in [7, 11) is 0. The summed E-state index contributed by atoms with van der Waals surface area (Å²) in [6, 6.07) is 0. The molecule has 86 valence electrons. The maximum atomic E-state index is 5.34. The molecule has 0 fully saturated rings. The Morgan fingerprint density at radius 1 is 0.571 bits per heavy atom. The highest BCUT2D eigenvalue weighted by Crippen LogP contribution is 1.71. The largest absolute Gasteiger partial charge is 0.329 e. The molecule has 5 heteroatoms. The molecule has 0 heterocycles. The Hall–Kier alpha value is -0.200. The Labute approximate surface area is 87.0 Å². The van der Waals surface area contributed by atoms with Crippen molar-refractivity contribution in [3.63, 3.8) is 0 Å². The molecule has 0 amide bonds. The fraction of sp³-hybridized carbons (Fsp3) is 1.00. The summed E-state index contributed by atoms with van der Waals surface area (Å²) in [5.74, 6) is 0. The second-order valence-corrected chi connectivity index (χ2v) is 3.18. The molecule has 0 atom stereocenters. The van der Waals surface area contributed by atoms with Gasteiger partial charge in [0, 0.05) is 39.3 Å². The SMILES string of the molecule is NCCNCCCNCCNCCN. The van der Waals surface area contributed by atoms with Gasteiger partial charge in [-0.2, -0.15) is 0 Å². The van der Waals surface area contributed by atoms with Crippen LogP contribution in [-0.2, 0) is 0 Å². The van der Waals surface area contributed by atoms with E-state index in [0.29, 0.717) is 6.54 Å². The molecule has 0 aliphatic heterocycles. The summed E-state index contributed by atoms with van der Waals surface area (Å²) < 4.78 is 0. The van der Waals surface area contributed by atoms with E-state index in [2.05, 4.69) is 16.0 Å². The molecule has 0 saturated heterocycles. The highest BCUT2D eigenvalue weighted by atomic mass is 14.9. The summed E-state index contributed by atoms with van der Waals surface area (Å²) in [6.07, 6.45) is 1.15. The molecule has 0 saturated carbocycles. The van der Waals surface area contributed by atoms with Crippen molar-refractivity contribution in [2.45, 2.75) is 6.42 Å². The average molecular weight is 203 g/mol. The highest BCUT2D eigenvalue weighted by molar-refractivity contribution is 4.54. The van der Waals surface area contributed by atoms with Gasteiger partial charge in [-0.15, -0.1) is 0 Å². The summed E-state index contributed by atoms with van der Waals surface area (Å²) in [6.45, 7) is 7.35. The molecule has 0 radical (unpaired) electrons. The third-order valence-electron chi connectivity index (χ3n) is 1.83. The van der Waals surface area contributed by atoms with Crippen molar-refractivity contribution >= 4 is 0 Å². The lowest BCUT2D eigenvalue weighted by Gasteiger charge is -2.06. The Bertz CT molecular complexity index is 87.2. The van der Waals surface area contributed by atoms with E-state index < -0.39 is 0 Å². The van der Waals surface area contributed by atoms with Crippen molar-refractivity contribution in [2.75, 3.05) is 52.4 Å². The van der Waals surface area contributed by atoms with Crippen LogP contribution in [0.15, 0.2) is 0 Å². The van der Waals surface area contributed by atoms with Crippen molar-refractivity contribution in [3.8, 4) is 0 Å². The molecule has 0 spiro atoms. The van der Waals surface area contributed by atoms with Crippen LogP contribution in [0.5, 0.6) is 0 Å². The van der Waals surface area contributed by atoms with Crippen LogP contribution in [0.2, 0.25) is 0 Å². The predicted molar refractivity (Wildman–Crippen MR) is 61.3 cm³/mol. The van der Waals surface area contributed by atoms with Crippen molar-refractivity contribution in [2.24, 2.45) is 11.5 Å². The standard InChI is InChI=1S/C9H25N5/c10-2-6-12-4-1-5-13-8-9-14-7-3-11/h12-14H,1-11H2. The molecule has 14 heavy (non-hydrogen) atoms. The van der Waals surface area contributed by atoms with E-state index in [1.165, 1.54) is 0 Å². The van der Waals surface area contributed by atoms with Crippen molar-refractivity contribution in [1.29, 1.82) is 0 Å². The molecule has 0 unspecified atom stereocenters. The molecular formula is C9H25N5. The second kappa shape index (κ2) is 12.8. The lowest BCUT2D eigenvalue weighted by molar-refractivity contribution is 0.576. The number of hydrogen-bond acceptors (Lipinski definition) is 5. The maximum Gasteiger partial charge on any atom is 0.00772 e. The quantitative estimate of drug-likeness (QED) is 0.252. The number of rotatable bonds is 11. The maximum absolute atomic E-state index is 5.34. The van der Waals surface area contributed by atoms with E-state index in [9.17, 15) is 0 Å². The van der Waals surface area contributed by atoms with E-state index in [4.69, 9.17) is 11.5 Å². The van der Waals surface area contributed by atoms with Gasteiger partial charge >= 0.3 is 0 Å². The molecule has 0 aromatic carbocycles. The summed E-state index contributed by atoms with van der Waals surface area (Å²) in [5, 5.41) is 9.82. The van der Waals surface area contributed by atoms with E-state index in [-0.39, 0.29) is 0 Å². The lowest BCUT2D eigenvalue weighted by Crippen LogP contribution is -2.32. The Kier molecular flexibility index (Phi) is 12.6. The minimum Gasteiger partial charge on any atom is -0.329 e. The van der Waals surface area contributed by atoms with E-state index in [1.54, 1.807) is 0 Å². The lowest BCUT2D eigenvalue weighted by atomic mass is 10.4. The van der Waals surface area contributed by atoms with Gasteiger partial charge in [0.2, 0.25) is 0 Å². The third-order valence-corrected chi connectivity index (χ3v) is 1.83. The van der Waals surface area contributed by atoms with Gasteiger partial charge in [0.15, 0.2) is 0 Å². The summed E-state index contributed by atoms with van der Waals surface area (Å²) in [5.41, 5.74) is 10.7. The van der Waals surface area contributed by atoms with E-state index in [0.717, 1.165) is 52.2 Å².